The summed E-state index contributed by atoms with van der Waals surface area (Å²) in [5.74, 6) is 0.538. The van der Waals surface area contributed by atoms with Crippen LogP contribution in [0.1, 0.15) is 12.8 Å². The number of nitrogens with one attached hydrogen (secondary N) is 2. The zero-order valence-electron chi connectivity index (χ0n) is 8.04. The number of guanidine groups is 1. The average molecular weight is 217 g/mol. The number of rotatable bonds is 4. The largest absolute Gasteiger partial charge is 0.370 e. The predicted molar refractivity (Wildman–Crippen MR) is 59.3 cm³/mol. The summed E-state index contributed by atoms with van der Waals surface area (Å²) in [7, 11) is 1.59. The molecule has 0 aliphatic rings. The summed E-state index contributed by atoms with van der Waals surface area (Å²) in [5, 5.41) is 9.85. The smallest absolute Gasteiger partial charge is 0.219 e. The molecule has 0 aromatic rings. The van der Waals surface area contributed by atoms with Crippen molar-refractivity contribution < 1.29 is 4.79 Å². The molecule has 6 N–H and O–H groups in total. The van der Waals surface area contributed by atoms with Crippen molar-refractivity contribution in [3.05, 3.63) is 0 Å². The molecule has 0 aromatic heterocycles. The molecule has 0 aliphatic carbocycles. The van der Waals surface area contributed by atoms with Gasteiger partial charge in [0, 0.05) is 19.2 Å². The Kier molecular flexibility index (Phi) is 6.55. The van der Waals surface area contributed by atoms with Crippen LogP contribution in [0, 0.1) is 5.41 Å². The van der Waals surface area contributed by atoms with Crippen molar-refractivity contribution in [1.82, 2.24) is 5.32 Å². The summed E-state index contributed by atoms with van der Waals surface area (Å²) >= 11 is 1.21. The van der Waals surface area contributed by atoms with E-state index in [0.29, 0.717) is 18.6 Å². The highest BCUT2D eigenvalue weighted by Gasteiger charge is 1.99. The molecule has 14 heavy (non-hydrogen) atoms. The number of amidine groups is 1. The number of nitrogens with zero attached hydrogens (tertiary/aromatic N) is 1. The number of hydrogen-bond donors (Lipinski definition) is 4. The Morgan fingerprint density at radius 3 is 2.71 bits per heavy atom. The highest BCUT2D eigenvalue weighted by molar-refractivity contribution is 8.13. The fourth-order valence-corrected chi connectivity index (χ4v) is 1.33. The number of thioether (sulfide) groups is 1. The maximum absolute atomic E-state index is 10.8. The third kappa shape index (κ3) is 7.41. The van der Waals surface area contributed by atoms with Gasteiger partial charge in [0.25, 0.3) is 0 Å². The minimum Gasteiger partial charge on any atom is -0.370 e. The highest BCUT2D eigenvalue weighted by Crippen LogP contribution is 2.06. The maximum atomic E-state index is 10.8. The molecule has 0 fully saturated rings. The summed E-state index contributed by atoms with van der Waals surface area (Å²) < 4.78 is 0. The Labute approximate surface area is 87.0 Å². The van der Waals surface area contributed by atoms with E-state index in [2.05, 4.69) is 10.3 Å². The predicted octanol–water partition coefficient (Wildman–Crippen LogP) is -0.546. The molecule has 6 nitrogen and oxygen atoms in total. The summed E-state index contributed by atoms with van der Waals surface area (Å²) in [6.45, 7) is 0. The van der Waals surface area contributed by atoms with E-state index in [-0.39, 0.29) is 17.0 Å². The molecule has 0 unspecified atom stereocenters. The molecule has 0 aromatic carbocycles. The lowest BCUT2D eigenvalue weighted by atomic mass is 10.3. The van der Waals surface area contributed by atoms with Gasteiger partial charge in [0.2, 0.25) is 5.91 Å². The van der Waals surface area contributed by atoms with E-state index in [1.165, 1.54) is 11.8 Å². The SMILES string of the molecule is CNC(=O)CCCSC(=N)N=C(N)N. The molecule has 0 radical (unpaired) electrons. The van der Waals surface area contributed by atoms with Crippen molar-refractivity contribution in [1.29, 1.82) is 5.41 Å². The molecular formula is C7H15N5OS. The lowest BCUT2D eigenvalue weighted by Crippen LogP contribution is -2.23. The van der Waals surface area contributed by atoms with E-state index in [0.717, 1.165) is 0 Å². The first kappa shape index (κ1) is 12.8. The monoisotopic (exact) mass is 217 g/mol. The number of carbonyl (C=O) groups is 1. The van der Waals surface area contributed by atoms with E-state index in [1.54, 1.807) is 7.05 Å². The summed E-state index contributed by atoms with van der Waals surface area (Å²) in [6.07, 6.45) is 1.16. The third-order valence-electron chi connectivity index (χ3n) is 1.30. The second kappa shape index (κ2) is 7.19. The second-order valence-corrected chi connectivity index (χ2v) is 3.55. The van der Waals surface area contributed by atoms with E-state index < -0.39 is 0 Å². The van der Waals surface area contributed by atoms with Gasteiger partial charge in [-0.2, -0.15) is 4.99 Å². The van der Waals surface area contributed by atoms with E-state index in [9.17, 15) is 4.79 Å². The summed E-state index contributed by atoms with van der Waals surface area (Å²) in [5.41, 5.74) is 10.2. The minimum atomic E-state index is -0.117. The van der Waals surface area contributed by atoms with Crippen LogP contribution in [0.5, 0.6) is 0 Å². The van der Waals surface area contributed by atoms with Crippen LogP contribution in [0.3, 0.4) is 0 Å². The van der Waals surface area contributed by atoms with Crippen molar-refractivity contribution >= 4 is 28.8 Å². The molecule has 0 aliphatic heterocycles. The third-order valence-corrected chi connectivity index (χ3v) is 2.15. The number of carbonyl (C=O) groups excluding carboxylic acids is 1. The molecule has 7 heteroatoms. The fourth-order valence-electron chi connectivity index (χ4n) is 0.676. The van der Waals surface area contributed by atoms with Crippen molar-refractivity contribution in [3.8, 4) is 0 Å². The lowest BCUT2D eigenvalue weighted by molar-refractivity contribution is -0.120. The summed E-state index contributed by atoms with van der Waals surface area (Å²) in [4.78, 5) is 14.3. The molecule has 0 bridgehead atoms. The average Bonchev–Trinajstić information content (AvgIpc) is 2.10. The van der Waals surface area contributed by atoms with Gasteiger partial charge >= 0.3 is 0 Å². The van der Waals surface area contributed by atoms with Crippen LogP contribution >= 0.6 is 11.8 Å². The molecule has 80 valence electrons. The Morgan fingerprint density at radius 2 is 2.21 bits per heavy atom. The molecule has 1 amide bonds. The first-order chi connectivity index (χ1) is 6.56. The Morgan fingerprint density at radius 1 is 1.57 bits per heavy atom. The topological polar surface area (TPSA) is 117 Å². The molecule has 0 heterocycles. The van der Waals surface area contributed by atoms with Crippen LogP contribution in [0.25, 0.3) is 0 Å². The van der Waals surface area contributed by atoms with Crippen LogP contribution in [-0.4, -0.2) is 29.8 Å². The molecule has 0 saturated carbocycles. The van der Waals surface area contributed by atoms with Crippen LogP contribution in [0.4, 0.5) is 0 Å². The zero-order valence-corrected chi connectivity index (χ0v) is 8.86. The van der Waals surface area contributed by atoms with Crippen molar-refractivity contribution in [2.75, 3.05) is 12.8 Å². The summed E-state index contributed by atoms with van der Waals surface area (Å²) in [6, 6.07) is 0. The molecular weight excluding hydrogens is 202 g/mol. The Bertz CT molecular complexity index is 236. The molecule has 0 rings (SSSR count). The van der Waals surface area contributed by atoms with Crippen LogP contribution in [0.2, 0.25) is 0 Å². The van der Waals surface area contributed by atoms with Gasteiger partial charge in [-0.3, -0.25) is 10.2 Å². The second-order valence-electron chi connectivity index (χ2n) is 2.47. The fraction of sp³-hybridized carbons (Fsp3) is 0.571. The van der Waals surface area contributed by atoms with Crippen LogP contribution in [-0.2, 0) is 4.79 Å². The number of amides is 1. The minimum absolute atomic E-state index is 0.000953. The van der Waals surface area contributed by atoms with E-state index in [1.807, 2.05) is 0 Å². The van der Waals surface area contributed by atoms with Gasteiger partial charge in [0.1, 0.15) is 0 Å². The quantitative estimate of drug-likeness (QED) is 0.287. The van der Waals surface area contributed by atoms with Gasteiger partial charge in [-0.05, 0) is 6.42 Å². The van der Waals surface area contributed by atoms with Gasteiger partial charge in [-0.25, -0.2) is 0 Å². The number of aliphatic imine (C=N–C) groups is 1. The Balaban J connectivity index is 3.51. The van der Waals surface area contributed by atoms with Gasteiger partial charge in [-0.1, -0.05) is 11.8 Å². The molecule has 0 atom stereocenters. The standard InChI is InChI=1S/C7H15N5OS/c1-11-5(13)3-2-4-14-7(10)12-6(8)9/h2-4H2,1H3,(H,11,13)(H5,8,9,10,12). The van der Waals surface area contributed by atoms with E-state index in [4.69, 9.17) is 16.9 Å². The van der Waals surface area contributed by atoms with Gasteiger partial charge in [-0.15, -0.1) is 0 Å². The van der Waals surface area contributed by atoms with Crippen LogP contribution < -0.4 is 16.8 Å². The zero-order chi connectivity index (χ0) is 11.0. The molecule has 0 saturated heterocycles. The van der Waals surface area contributed by atoms with Crippen molar-refractivity contribution in [2.45, 2.75) is 12.8 Å². The molecule has 0 spiro atoms. The van der Waals surface area contributed by atoms with E-state index >= 15 is 0 Å². The van der Waals surface area contributed by atoms with Gasteiger partial charge < -0.3 is 16.8 Å². The van der Waals surface area contributed by atoms with Crippen LogP contribution in [0.15, 0.2) is 4.99 Å². The Hall–Kier alpha value is -1.24. The van der Waals surface area contributed by atoms with Crippen molar-refractivity contribution in [3.63, 3.8) is 0 Å². The first-order valence-electron chi connectivity index (χ1n) is 4.08. The normalized spacial score (nSPS) is 9.21. The number of nitrogens with two attached hydrogens (primary N) is 2. The maximum Gasteiger partial charge on any atom is 0.219 e. The van der Waals surface area contributed by atoms with Gasteiger partial charge in [0.05, 0.1) is 0 Å². The highest BCUT2D eigenvalue weighted by atomic mass is 32.2. The van der Waals surface area contributed by atoms with Crippen molar-refractivity contribution in [2.24, 2.45) is 16.5 Å². The lowest BCUT2D eigenvalue weighted by Gasteiger charge is -1.99. The first-order valence-corrected chi connectivity index (χ1v) is 5.06. The van der Waals surface area contributed by atoms with Gasteiger partial charge in [0.15, 0.2) is 11.1 Å². The number of hydrogen-bond acceptors (Lipinski definition) is 3.